The number of methoxy groups -OCH3 is 1. The van der Waals surface area contributed by atoms with Crippen LogP contribution in [0.1, 0.15) is 19.4 Å². The van der Waals surface area contributed by atoms with Crippen molar-refractivity contribution in [1.82, 2.24) is 4.90 Å². The monoisotopic (exact) mass is 313 g/mol. The third-order valence-electron chi connectivity index (χ3n) is 3.12. The van der Waals surface area contributed by atoms with Crippen LogP contribution < -0.4 is 4.74 Å². The first-order chi connectivity index (χ1) is 8.40. The highest BCUT2D eigenvalue weighted by Crippen LogP contribution is 2.18. The molecule has 4 heteroatoms. The molecule has 0 aliphatic rings. The van der Waals surface area contributed by atoms with Crippen LogP contribution in [0.15, 0.2) is 24.3 Å². The largest absolute Gasteiger partial charge is 0.497 e. The number of carbonyl (C=O) groups is 1. The summed E-state index contributed by atoms with van der Waals surface area (Å²) < 4.78 is 5.09. The quantitative estimate of drug-likeness (QED) is 0.782. The number of ether oxygens (including phenoxy) is 1. The number of likely N-dealkylation sites (N-methyl/N-ethyl adjacent to an activating group) is 1. The zero-order valence-corrected chi connectivity index (χ0v) is 13.0. The second kappa shape index (κ2) is 6.23. The molecule has 0 atom stereocenters. The average Bonchev–Trinajstić information content (AvgIpc) is 2.38. The van der Waals surface area contributed by atoms with Gasteiger partial charge in [-0.3, -0.25) is 4.79 Å². The van der Waals surface area contributed by atoms with Crippen molar-refractivity contribution in [3.05, 3.63) is 29.8 Å². The van der Waals surface area contributed by atoms with Gasteiger partial charge in [-0.1, -0.05) is 28.1 Å². The van der Waals surface area contributed by atoms with Gasteiger partial charge in [0.1, 0.15) is 5.75 Å². The third kappa shape index (κ3) is 3.73. The van der Waals surface area contributed by atoms with Crippen LogP contribution in [-0.4, -0.2) is 35.8 Å². The molecule has 0 heterocycles. The van der Waals surface area contributed by atoms with Crippen molar-refractivity contribution in [2.24, 2.45) is 0 Å². The molecule has 1 aromatic carbocycles. The molecule has 0 aromatic heterocycles. The van der Waals surface area contributed by atoms with Gasteiger partial charge in [0, 0.05) is 17.9 Å². The second-order valence-corrected chi connectivity index (χ2v) is 5.48. The molecule has 0 radical (unpaired) electrons. The molecule has 0 bridgehead atoms. The summed E-state index contributed by atoms with van der Waals surface area (Å²) in [5.41, 5.74) is 0.821. The molecule has 100 valence electrons. The number of nitrogens with zero attached hydrogens (tertiary/aromatic N) is 1. The standard InChI is InChI=1S/C14H20BrNO2/c1-14(2,10-15)16(3)13(17)9-11-5-7-12(18-4)8-6-11/h5-8H,9-10H2,1-4H3. The van der Waals surface area contributed by atoms with E-state index in [-0.39, 0.29) is 11.4 Å². The first-order valence-corrected chi connectivity index (χ1v) is 6.98. The van der Waals surface area contributed by atoms with Gasteiger partial charge in [0.25, 0.3) is 0 Å². The van der Waals surface area contributed by atoms with Crippen molar-refractivity contribution in [2.45, 2.75) is 25.8 Å². The van der Waals surface area contributed by atoms with Gasteiger partial charge in [0.05, 0.1) is 13.5 Å². The fraction of sp³-hybridized carbons (Fsp3) is 0.500. The molecule has 0 saturated heterocycles. The summed E-state index contributed by atoms with van der Waals surface area (Å²) in [7, 11) is 3.47. The Morgan fingerprint density at radius 1 is 1.33 bits per heavy atom. The van der Waals surface area contributed by atoms with Gasteiger partial charge in [0.2, 0.25) is 5.91 Å². The van der Waals surface area contributed by atoms with Gasteiger partial charge in [-0.25, -0.2) is 0 Å². The van der Waals surface area contributed by atoms with E-state index in [0.29, 0.717) is 6.42 Å². The number of benzene rings is 1. The van der Waals surface area contributed by atoms with E-state index in [4.69, 9.17) is 4.74 Å². The molecular formula is C14H20BrNO2. The van der Waals surface area contributed by atoms with E-state index in [1.54, 1.807) is 12.0 Å². The van der Waals surface area contributed by atoms with E-state index < -0.39 is 0 Å². The Labute approximate surface area is 117 Å². The Morgan fingerprint density at radius 3 is 2.33 bits per heavy atom. The molecule has 0 saturated carbocycles. The summed E-state index contributed by atoms with van der Waals surface area (Å²) in [5, 5.41) is 0.755. The Morgan fingerprint density at radius 2 is 1.89 bits per heavy atom. The van der Waals surface area contributed by atoms with Gasteiger partial charge >= 0.3 is 0 Å². The molecule has 0 aliphatic heterocycles. The summed E-state index contributed by atoms with van der Waals surface area (Å²) in [5.74, 6) is 0.921. The predicted octanol–water partition coefficient (Wildman–Crippen LogP) is 2.87. The van der Waals surface area contributed by atoms with Gasteiger partial charge in [-0.2, -0.15) is 0 Å². The molecule has 1 rings (SSSR count). The first kappa shape index (κ1) is 15.0. The summed E-state index contributed by atoms with van der Waals surface area (Å²) in [6.45, 7) is 4.07. The first-order valence-electron chi connectivity index (χ1n) is 5.86. The maximum absolute atomic E-state index is 12.1. The van der Waals surface area contributed by atoms with Crippen molar-refractivity contribution in [3.8, 4) is 5.75 Å². The van der Waals surface area contributed by atoms with E-state index in [2.05, 4.69) is 15.9 Å². The van der Waals surface area contributed by atoms with Crippen molar-refractivity contribution in [3.63, 3.8) is 0 Å². The van der Waals surface area contributed by atoms with E-state index in [1.165, 1.54) is 0 Å². The highest BCUT2D eigenvalue weighted by Gasteiger charge is 2.26. The van der Waals surface area contributed by atoms with Crippen molar-refractivity contribution in [2.75, 3.05) is 19.5 Å². The van der Waals surface area contributed by atoms with Gasteiger partial charge < -0.3 is 9.64 Å². The SMILES string of the molecule is COc1ccc(CC(=O)N(C)C(C)(C)CBr)cc1. The Kier molecular flexibility index (Phi) is 5.20. The fourth-order valence-corrected chi connectivity index (χ4v) is 1.84. The van der Waals surface area contributed by atoms with Crippen LogP contribution in [0.2, 0.25) is 0 Å². The van der Waals surface area contributed by atoms with Crippen molar-refractivity contribution < 1.29 is 9.53 Å². The lowest BCUT2D eigenvalue weighted by molar-refractivity contribution is -0.133. The van der Waals surface area contributed by atoms with Crippen LogP contribution in [0.25, 0.3) is 0 Å². The minimum Gasteiger partial charge on any atom is -0.497 e. The summed E-state index contributed by atoms with van der Waals surface area (Å²) >= 11 is 3.43. The van der Waals surface area contributed by atoms with Crippen LogP contribution in [-0.2, 0) is 11.2 Å². The van der Waals surface area contributed by atoms with E-state index in [9.17, 15) is 4.79 Å². The normalized spacial score (nSPS) is 11.2. The third-order valence-corrected chi connectivity index (χ3v) is 4.50. The molecule has 0 aliphatic carbocycles. The van der Waals surface area contributed by atoms with Crippen molar-refractivity contribution >= 4 is 21.8 Å². The zero-order chi connectivity index (χ0) is 13.8. The van der Waals surface area contributed by atoms with Crippen LogP contribution in [0.5, 0.6) is 5.75 Å². The molecule has 1 amide bonds. The van der Waals surface area contributed by atoms with Gasteiger partial charge in [-0.15, -0.1) is 0 Å². The lowest BCUT2D eigenvalue weighted by Gasteiger charge is -2.34. The Bertz CT molecular complexity index is 401. The fourth-order valence-electron chi connectivity index (χ4n) is 1.46. The summed E-state index contributed by atoms with van der Waals surface area (Å²) in [6, 6.07) is 7.59. The average molecular weight is 314 g/mol. The van der Waals surface area contributed by atoms with E-state index in [1.807, 2.05) is 45.2 Å². The minimum absolute atomic E-state index is 0.115. The molecule has 0 unspecified atom stereocenters. The van der Waals surface area contributed by atoms with Crippen LogP contribution in [0.4, 0.5) is 0 Å². The maximum atomic E-state index is 12.1. The lowest BCUT2D eigenvalue weighted by Crippen LogP contribution is -2.46. The molecule has 3 nitrogen and oxygen atoms in total. The minimum atomic E-state index is -0.177. The number of carbonyl (C=O) groups excluding carboxylic acids is 1. The Hall–Kier alpha value is -1.03. The molecule has 0 fully saturated rings. The summed E-state index contributed by atoms with van der Waals surface area (Å²) in [6.07, 6.45) is 0.414. The van der Waals surface area contributed by atoms with Gasteiger partial charge in [0.15, 0.2) is 0 Å². The molecule has 1 aromatic rings. The number of alkyl halides is 1. The van der Waals surface area contributed by atoms with E-state index >= 15 is 0 Å². The lowest BCUT2D eigenvalue weighted by atomic mass is 10.0. The van der Waals surface area contributed by atoms with Gasteiger partial charge in [-0.05, 0) is 31.5 Å². The highest BCUT2D eigenvalue weighted by molar-refractivity contribution is 9.09. The molecular weight excluding hydrogens is 294 g/mol. The molecule has 18 heavy (non-hydrogen) atoms. The topological polar surface area (TPSA) is 29.5 Å². The second-order valence-electron chi connectivity index (χ2n) is 4.92. The number of amides is 1. The number of hydrogen-bond donors (Lipinski definition) is 0. The summed E-state index contributed by atoms with van der Waals surface area (Å²) in [4.78, 5) is 13.9. The number of rotatable bonds is 5. The zero-order valence-electron chi connectivity index (χ0n) is 11.4. The Balaban J connectivity index is 2.69. The highest BCUT2D eigenvalue weighted by atomic mass is 79.9. The number of hydrogen-bond acceptors (Lipinski definition) is 2. The van der Waals surface area contributed by atoms with Crippen LogP contribution in [0.3, 0.4) is 0 Å². The van der Waals surface area contributed by atoms with Crippen LogP contribution in [0, 0.1) is 0 Å². The van der Waals surface area contributed by atoms with Crippen LogP contribution >= 0.6 is 15.9 Å². The molecule has 0 spiro atoms. The predicted molar refractivity (Wildman–Crippen MR) is 77.3 cm³/mol. The van der Waals surface area contributed by atoms with Crippen molar-refractivity contribution in [1.29, 1.82) is 0 Å². The smallest absolute Gasteiger partial charge is 0.227 e. The molecule has 0 N–H and O–H groups in total. The number of halogens is 1. The van der Waals surface area contributed by atoms with E-state index in [0.717, 1.165) is 16.6 Å². The maximum Gasteiger partial charge on any atom is 0.227 e.